The maximum atomic E-state index is 12.4. The van der Waals surface area contributed by atoms with E-state index in [0.29, 0.717) is 32.7 Å². The summed E-state index contributed by atoms with van der Waals surface area (Å²) in [6, 6.07) is 0. The van der Waals surface area contributed by atoms with E-state index in [9.17, 15) is 13.2 Å². The molecular formula is C13H22N2O5S. The van der Waals surface area contributed by atoms with Crippen molar-refractivity contribution < 1.29 is 22.8 Å². The molecule has 120 valence electrons. The van der Waals surface area contributed by atoms with E-state index >= 15 is 0 Å². The molecule has 7 nitrogen and oxygen atoms in total. The summed E-state index contributed by atoms with van der Waals surface area (Å²) in [6.45, 7) is 2.06. The summed E-state index contributed by atoms with van der Waals surface area (Å²) >= 11 is 0. The molecule has 3 aliphatic rings. The topological polar surface area (TPSA) is 76.2 Å². The summed E-state index contributed by atoms with van der Waals surface area (Å²) in [4.78, 5) is 17.7. The minimum absolute atomic E-state index is 0.116. The highest BCUT2D eigenvalue weighted by atomic mass is 32.2. The fraction of sp³-hybridized carbons (Fsp3) is 0.923. The van der Waals surface area contributed by atoms with Gasteiger partial charge in [-0.25, -0.2) is 13.5 Å². The lowest BCUT2D eigenvalue weighted by atomic mass is 9.93. The Labute approximate surface area is 125 Å². The number of carbonyl (C=O) groups excluding carboxylic acids is 1. The maximum absolute atomic E-state index is 12.4. The molecule has 3 heterocycles. The van der Waals surface area contributed by atoms with E-state index < -0.39 is 16.1 Å². The van der Waals surface area contributed by atoms with Gasteiger partial charge in [-0.3, -0.25) is 9.63 Å². The van der Waals surface area contributed by atoms with Gasteiger partial charge in [-0.2, -0.15) is 4.31 Å². The van der Waals surface area contributed by atoms with E-state index in [1.54, 1.807) is 0 Å². The lowest BCUT2D eigenvalue weighted by molar-refractivity contribution is -0.206. The summed E-state index contributed by atoms with van der Waals surface area (Å²) in [7, 11) is -3.19. The number of carbonyl (C=O) groups is 1. The zero-order chi connectivity index (χ0) is 15.0. The normalized spacial score (nSPS) is 34.7. The smallest absolute Gasteiger partial charge is 0.275 e. The standard InChI is InChI=1S/C13H22N2O5S/c1-21(17,18)14-6-4-10-8-11(20-12(10)9-14)13(16)15-5-2-3-7-19-15/h10-12H,2-9H2,1H3/t10-,11+,12+/m1/s1. The van der Waals surface area contributed by atoms with Crippen LogP contribution in [0.1, 0.15) is 25.7 Å². The second-order valence-electron chi connectivity index (χ2n) is 6.05. The number of hydrogen-bond donors (Lipinski definition) is 0. The molecule has 0 aromatic rings. The first kappa shape index (κ1) is 15.2. The molecule has 0 aliphatic carbocycles. The van der Waals surface area contributed by atoms with Crippen LogP contribution in [0, 0.1) is 5.92 Å². The Morgan fingerprint density at radius 3 is 2.71 bits per heavy atom. The van der Waals surface area contributed by atoms with Gasteiger partial charge in [-0.05, 0) is 31.6 Å². The SMILES string of the molecule is CS(=O)(=O)N1CC[C@@H]2C[C@@H](C(=O)N3CCCCO3)O[C@H]2C1. The van der Waals surface area contributed by atoms with Gasteiger partial charge in [0.05, 0.1) is 19.0 Å². The van der Waals surface area contributed by atoms with Crippen molar-refractivity contribution in [3.63, 3.8) is 0 Å². The van der Waals surface area contributed by atoms with Crippen LogP contribution < -0.4 is 0 Å². The molecule has 0 bridgehead atoms. The Balaban J connectivity index is 1.61. The van der Waals surface area contributed by atoms with Crippen molar-refractivity contribution in [3.8, 4) is 0 Å². The number of sulfonamides is 1. The van der Waals surface area contributed by atoms with Gasteiger partial charge in [0.15, 0.2) is 0 Å². The molecular weight excluding hydrogens is 296 g/mol. The minimum Gasteiger partial charge on any atom is -0.363 e. The fourth-order valence-corrected chi connectivity index (χ4v) is 4.15. The number of amides is 1. The van der Waals surface area contributed by atoms with Crippen LogP contribution in [-0.4, -0.2) is 68.4 Å². The van der Waals surface area contributed by atoms with Gasteiger partial charge >= 0.3 is 0 Å². The molecule has 0 spiro atoms. The summed E-state index contributed by atoms with van der Waals surface area (Å²) < 4.78 is 30.5. The van der Waals surface area contributed by atoms with Gasteiger partial charge in [-0.1, -0.05) is 0 Å². The van der Waals surface area contributed by atoms with Crippen LogP contribution in [0.15, 0.2) is 0 Å². The Bertz CT molecular complexity index is 503. The van der Waals surface area contributed by atoms with E-state index in [-0.39, 0.29) is 17.9 Å². The number of fused-ring (bicyclic) bond motifs is 1. The van der Waals surface area contributed by atoms with Gasteiger partial charge in [0.2, 0.25) is 10.0 Å². The number of nitrogens with zero attached hydrogens (tertiary/aromatic N) is 2. The monoisotopic (exact) mass is 318 g/mol. The van der Waals surface area contributed by atoms with E-state index in [2.05, 4.69) is 0 Å². The van der Waals surface area contributed by atoms with Crippen LogP contribution in [0.25, 0.3) is 0 Å². The maximum Gasteiger partial charge on any atom is 0.275 e. The lowest BCUT2D eigenvalue weighted by Crippen LogP contribution is -2.45. The second kappa shape index (κ2) is 5.83. The van der Waals surface area contributed by atoms with Crippen molar-refractivity contribution >= 4 is 15.9 Å². The van der Waals surface area contributed by atoms with Crippen LogP contribution >= 0.6 is 0 Å². The first-order valence-corrected chi connectivity index (χ1v) is 9.35. The van der Waals surface area contributed by atoms with Crippen molar-refractivity contribution in [3.05, 3.63) is 0 Å². The average molecular weight is 318 g/mol. The lowest BCUT2D eigenvalue weighted by Gasteiger charge is -2.32. The highest BCUT2D eigenvalue weighted by Gasteiger charge is 2.44. The molecule has 1 amide bonds. The zero-order valence-corrected chi connectivity index (χ0v) is 13.0. The third kappa shape index (κ3) is 3.23. The molecule has 0 aromatic carbocycles. The quantitative estimate of drug-likeness (QED) is 0.715. The first-order valence-electron chi connectivity index (χ1n) is 7.50. The molecule has 0 saturated carbocycles. The third-order valence-corrected chi connectivity index (χ3v) is 5.78. The molecule has 0 aromatic heterocycles. The van der Waals surface area contributed by atoms with Crippen LogP contribution in [0.2, 0.25) is 0 Å². The van der Waals surface area contributed by atoms with Gasteiger partial charge in [0.25, 0.3) is 5.91 Å². The number of hydroxylamine groups is 2. The van der Waals surface area contributed by atoms with Gasteiger partial charge in [-0.15, -0.1) is 0 Å². The van der Waals surface area contributed by atoms with E-state index in [0.717, 1.165) is 19.3 Å². The number of piperidine rings is 1. The number of rotatable bonds is 2. The fourth-order valence-electron chi connectivity index (χ4n) is 3.29. The Morgan fingerprint density at radius 2 is 2.05 bits per heavy atom. The van der Waals surface area contributed by atoms with E-state index in [4.69, 9.17) is 9.57 Å². The summed E-state index contributed by atoms with van der Waals surface area (Å²) in [5.74, 6) is 0.150. The molecule has 0 unspecified atom stereocenters. The van der Waals surface area contributed by atoms with Gasteiger partial charge in [0.1, 0.15) is 6.10 Å². The molecule has 3 atom stereocenters. The molecule has 21 heavy (non-hydrogen) atoms. The number of ether oxygens (including phenoxy) is 1. The minimum atomic E-state index is -3.19. The Morgan fingerprint density at radius 1 is 1.24 bits per heavy atom. The predicted molar refractivity (Wildman–Crippen MR) is 74.7 cm³/mol. The molecule has 3 rings (SSSR count). The third-order valence-electron chi connectivity index (χ3n) is 4.51. The summed E-state index contributed by atoms with van der Waals surface area (Å²) in [5, 5.41) is 1.42. The molecule has 3 aliphatic heterocycles. The van der Waals surface area contributed by atoms with Crippen LogP contribution in [0.3, 0.4) is 0 Å². The Hall–Kier alpha value is -0.700. The number of hydrogen-bond acceptors (Lipinski definition) is 5. The van der Waals surface area contributed by atoms with E-state index in [1.165, 1.54) is 15.6 Å². The van der Waals surface area contributed by atoms with Gasteiger partial charge in [0, 0.05) is 19.6 Å². The summed E-state index contributed by atoms with van der Waals surface area (Å²) in [6.07, 6.45) is 3.90. The van der Waals surface area contributed by atoms with Crippen LogP contribution in [0.5, 0.6) is 0 Å². The highest BCUT2D eigenvalue weighted by molar-refractivity contribution is 7.88. The molecule has 8 heteroatoms. The van der Waals surface area contributed by atoms with Crippen LogP contribution in [-0.2, 0) is 24.4 Å². The highest BCUT2D eigenvalue weighted by Crippen LogP contribution is 2.34. The average Bonchev–Trinajstić information content (AvgIpc) is 2.89. The second-order valence-corrected chi connectivity index (χ2v) is 8.03. The van der Waals surface area contributed by atoms with Gasteiger partial charge < -0.3 is 4.74 Å². The predicted octanol–water partition coefficient (Wildman–Crippen LogP) is -0.0206. The van der Waals surface area contributed by atoms with Crippen molar-refractivity contribution in [2.45, 2.75) is 37.9 Å². The van der Waals surface area contributed by atoms with Crippen molar-refractivity contribution in [2.75, 3.05) is 32.5 Å². The zero-order valence-electron chi connectivity index (χ0n) is 12.2. The summed E-state index contributed by atoms with van der Waals surface area (Å²) in [5.41, 5.74) is 0. The molecule has 0 N–H and O–H groups in total. The van der Waals surface area contributed by atoms with E-state index in [1.807, 2.05) is 0 Å². The first-order chi connectivity index (χ1) is 9.95. The van der Waals surface area contributed by atoms with Crippen molar-refractivity contribution in [1.29, 1.82) is 0 Å². The molecule has 0 radical (unpaired) electrons. The molecule has 3 fully saturated rings. The largest absolute Gasteiger partial charge is 0.363 e. The van der Waals surface area contributed by atoms with Crippen molar-refractivity contribution in [1.82, 2.24) is 9.37 Å². The van der Waals surface area contributed by atoms with Crippen LogP contribution in [0.4, 0.5) is 0 Å². The molecule has 3 saturated heterocycles. The van der Waals surface area contributed by atoms with Crippen molar-refractivity contribution in [2.24, 2.45) is 5.92 Å². The Kier molecular flexibility index (Phi) is 4.22.